The number of aryl methyl sites for hydroxylation is 1. The second-order valence-corrected chi connectivity index (χ2v) is 9.85. The number of rotatable bonds is 5. The van der Waals surface area contributed by atoms with Gasteiger partial charge in [-0.15, -0.1) is 0 Å². The lowest BCUT2D eigenvalue weighted by Gasteiger charge is -2.41. The van der Waals surface area contributed by atoms with Crippen LogP contribution in [0.1, 0.15) is 60.8 Å². The van der Waals surface area contributed by atoms with Crippen LogP contribution in [0.3, 0.4) is 0 Å². The fourth-order valence-electron chi connectivity index (χ4n) is 5.22. The van der Waals surface area contributed by atoms with E-state index in [1.54, 1.807) is 4.57 Å². The van der Waals surface area contributed by atoms with Crippen molar-refractivity contribution in [3.05, 3.63) is 57.0 Å². The zero-order valence-corrected chi connectivity index (χ0v) is 19.2. The minimum Gasteiger partial charge on any atom is -0.378 e. The molecule has 2 aliphatic rings. The van der Waals surface area contributed by atoms with Crippen LogP contribution in [0.15, 0.2) is 29.2 Å². The summed E-state index contributed by atoms with van der Waals surface area (Å²) in [6.45, 7) is 10.2. The van der Waals surface area contributed by atoms with Crippen LogP contribution in [0.25, 0.3) is 22.2 Å². The molecule has 1 saturated carbocycles. The fourth-order valence-corrected chi connectivity index (χ4v) is 5.22. The van der Waals surface area contributed by atoms with Gasteiger partial charge in [-0.3, -0.25) is 4.79 Å². The van der Waals surface area contributed by atoms with Gasteiger partial charge in [0.2, 0.25) is 0 Å². The molecule has 1 aliphatic heterocycles. The summed E-state index contributed by atoms with van der Waals surface area (Å²) >= 11 is 0. The summed E-state index contributed by atoms with van der Waals surface area (Å²) in [6.07, 6.45) is 4.39. The molecule has 0 unspecified atom stereocenters. The van der Waals surface area contributed by atoms with E-state index < -0.39 is 0 Å². The van der Waals surface area contributed by atoms with Crippen LogP contribution in [0.4, 0.5) is 0 Å². The molecule has 2 N–H and O–H groups in total. The molecule has 0 radical (unpaired) electrons. The van der Waals surface area contributed by atoms with E-state index in [0.717, 1.165) is 35.6 Å². The van der Waals surface area contributed by atoms with Gasteiger partial charge in [0.25, 0.3) is 5.56 Å². The van der Waals surface area contributed by atoms with Crippen LogP contribution in [0, 0.1) is 13.8 Å². The molecule has 3 aromatic rings. The highest BCUT2D eigenvalue weighted by Crippen LogP contribution is 2.42. The van der Waals surface area contributed by atoms with Crippen molar-refractivity contribution in [3.8, 4) is 11.3 Å². The minimum atomic E-state index is 0.0763. The third kappa shape index (κ3) is 3.44. The highest BCUT2D eigenvalue weighted by molar-refractivity contribution is 5.92. The lowest BCUT2D eigenvalue weighted by atomic mass is 9.75. The number of nitrogens with one attached hydrogen (secondary N) is 2. The maximum Gasteiger partial charge on any atom is 0.253 e. The monoisotopic (exact) mass is 419 g/mol. The van der Waals surface area contributed by atoms with Gasteiger partial charge in [-0.1, -0.05) is 19.9 Å². The molecule has 2 aromatic heterocycles. The number of aromatic nitrogens is 2. The van der Waals surface area contributed by atoms with Crippen LogP contribution in [0.5, 0.6) is 0 Å². The molecule has 5 nitrogen and oxygen atoms in total. The van der Waals surface area contributed by atoms with Gasteiger partial charge in [0.15, 0.2) is 0 Å². The third-order valence-corrected chi connectivity index (χ3v) is 7.36. The van der Waals surface area contributed by atoms with E-state index in [0.29, 0.717) is 23.9 Å². The van der Waals surface area contributed by atoms with Crippen molar-refractivity contribution >= 4 is 10.9 Å². The van der Waals surface area contributed by atoms with Crippen LogP contribution in [0.2, 0.25) is 0 Å². The Morgan fingerprint density at radius 3 is 2.52 bits per heavy atom. The smallest absolute Gasteiger partial charge is 0.253 e. The van der Waals surface area contributed by atoms with Gasteiger partial charge in [0.05, 0.1) is 24.9 Å². The molecule has 1 aromatic carbocycles. The van der Waals surface area contributed by atoms with Gasteiger partial charge in [0.1, 0.15) is 0 Å². The Kier molecular flexibility index (Phi) is 5.06. The summed E-state index contributed by atoms with van der Waals surface area (Å²) in [6, 6.07) is 8.12. The van der Waals surface area contributed by atoms with Gasteiger partial charge >= 0.3 is 0 Å². The molecule has 2 fully saturated rings. The molecule has 5 heteroatoms. The molecule has 164 valence electrons. The molecule has 31 heavy (non-hydrogen) atoms. The highest BCUT2D eigenvalue weighted by Gasteiger charge is 2.33. The van der Waals surface area contributed by atoms with Crippen LogP contribution in [-0.4, -0.2) is 34.8 Å². The van der Waals surface area contributed by atoms with Gasteiger partial charge < -0.3 is 19.6 Å². The van der Waals surface area contributed by atoms with E-state index in [2.05, 4.69) is 49.3 Å². The van der Waals surface area contributed by atoms with Crippen molar-refractivity contribution in [2.45, 2.75) is 64.5 Å². The Labute approximate surface area is 183 Å². The van der Waals surface area contributed by atoms with Crippen molar-refractivity contribution in [1.82, 2.24) is 14.9 Å². The number of hydrogen-bond donors (Lipinski definition) is 2. The number of fused-ring (bicyclic) bond motifs is 1. The van der Waals surface area contributed by atoms with Gasteiger partial charge in [-0.25, -0.2) is 0 Å². The first-order chi connectivity index (χ1) is 14.8. The largest absolute Gasteiger partial charge is 0.378 e. The first-order valence-electron chi connectivity index (χ1n) is 11.5. The van der Waals surface area contributed by atoms with E-state index in [-0.39, 0.29) is 5.56 Å². The van der Waals surface area contributed by atoms with E-state index in [1.165, 1.54) is 34.9 Å². The summed E-state index contributed by atoms with van der Waals surface area (Å²) in [4.78, 5) is 16.1. The molecule has 0 bridgehead atoms. The Morgan fingerprint density at radius 2 is 1.87 bits per heavy atom. The van der Waals surface area contributed by atoms with Crippen LogP contribution >= 0.6 is 0 Å². The molecule has 0 spiro atoms. The Morgan fingerprint density at radius 1 is 1.13 bits per heavy atom. The number of benzene rings is 1. The highest BCUT2D eigenvalue weighted by atomic mass is 16.5. The summed E-state index contributed by atoms with van der Waals surface area (Å²) in [5, 5.41) is 5.02. The van der Waals surface area contributed by atoms with E-state index in [1.807, 2.05) is 20.2 Å². The normalized spacial score (nSPS) is 21.5. The Balaban J connectivity index is 1.51. The summed E-state index contributed by atoms with van der Waals surface area (Å²) < 4.78 is 6.98. The number of aromatic amines is 1. The Hall–Kier alpha value is -2.37. The van der Waals surface area contributed by atoms with Crippen molar-refractivity contribution in [2.75, 3.05) is 13.2 Å². The maximum atomic E-state index is 12.4. The van der Waals surface area contributed by atoms with Crippen LogP contribution in [-0.2, 0) is 11.8 Å². The zero-order chi connectivity index (χ0) is 21.9. The average molecular weight is 420 g/mol. The molecule has 1 saturated heterocycles. The topological polar surface area (TPSA) is 59.0 Å². The summed E-state index contributed by atoms with van der Waals surface area (Å²) in [5.74, 6) is 1.01. The van der Waals surface area contributed by atoms with Crippen molar-refractivity contribution in [1.29, 1.82) is 0 Å². The standard InChI is InChI=1S/C26H33N3O2/c1-14(2)24-21-10-17(18-8-19(9-18)27-20-12-31-13-20)6-7-23(21)28-25(24)22-11-29(5)26(30)16(4)15(22)3/h6-7,10-11,14,18-20,27-28H,8-9,12-13H2,1-5H3. The van der Waals surface area contributed by atoms with Crippen molar-refractivity contribution in [2.24, 2.45) is 7.05 Å². The summed E-state index contributed by atoms with van der Waals surface area (Å²) in [7, 11) is 1.84. The van der Waals surface area contributed by atoms with Crippen molar-refractivity contribution < 1.29 is 4.74 Å². The van der Waals surface area contributed by atoms with E-state index >= 15 is 0 Å². The third-order valence-electron chi connectivity index (χ3n) is 7.36. The number of pyridine rings is 1. The quantitative estimate of drug-likeness (QED) is 0.640. The molecular weight excluding hydrogens is 386 g/mol. The molecule has 3 heterocycles. The molecule has 5 rings (SSSR count). The van der Waals surface area contributed by atoms with Gasteiger partial charge in [-0.2, -0.15) is 0 Å². The number of H-pyrrole nitrogens is 1. The molecule has 0 amide bonds. The summed E-state index contributed by atoms with van der Waals surface area (Å²) in [5.41, 5.74) is 8.19. The lowest BCUT2D eigenvalue weighted by molar-refractivity contribution is -0.0156. The van der Waals surface area contributed by atoms with Gasteiger partial charge in [0, 0.05) is 41.3 Å². The van der Waals surface area contributed by atoms with E-state index in [9.17, 15) is 4.79 Å². The fraction of sp³-hybridized carbons (Fsp3) is 0.500. The van der Waals surface area contributed by atoms with E-state index in [4.69, 9.17) is 4.74 Å². The molecule has 0 atom stereocenters. The maximum absolute atomic E-state index is 12.4. The van der Waals surface area contributed by atoms with Crippen molar-refractivity contribution in [3.63, 3.8) is 0 Å². The second kappa shape index (κ2) is 7.64. The SMILES string of the molecule is Cc1c(-c2[nH]c3ccc(C4CC(NC5COC5)C4)cc3c2C(C)C)cn(C)c(=O)c1C. The zero-order valence-electron chi connectivity index (χ0n) is 19.2. The lowest BCUT2D eigenvalue weighted by Crippen LogP contribution is -2.53. The minimum absolute atomic E-state index is 0.0763. The number of hydrogen-bond acceptors (Lipinski definition) is 3. The second-order valence-electron chi connectivity index (χ2n) is 9.85. The van der Waals surface area contributed by atoms with Crippen LogP contribution < -0.4 is 10.9 Å². The predicted molar refractivity (Wildman–Crippen MR) is 126 cm³/mol. The average Bonchev–Trinajstić information content (AvgIpc) is 3.05. The first-order valence-corrected chi connectivity index (χ1v) is 11.5. The number of nitrogens with zero attached hydrogens (tertiary/aromatic N) is 1. The molecular formula is C26H33N3O2. The molecule has 1 aliphatic carbocycles. The Bertz CT molecular complexity index is 1190. The number of ether oxygens (including phenoxy) is 1. The predicted octanol–water partition coefficient (Wildman–Crippen LogP) is 4.51. The first kappa shape index (κ1) is 20.5. The van der Waals surface area contributed by atoms with Gasteiger partial charge in [-0.05, 0) is 67.3 Å².